The zero-order valence-corrected chi connectivity index (χ0v) is 18.4. The Hall–Kier alpha value is -3.18. The van der Waals surface area contributed by atoms with E-state index in [0.29, 0.717) is 5.69 Å². The number of hydrogen-bond acceptors (Lipinski definition) is 4. The molecule has 0 aliphatic heterocycles. The Bertz CT molecular complexity index is 1270. The van der Waals surface area contributed by atoms with Gasteiger partial charge in [-0.2, -0.15) is 31.0 Å². The third kappa shape index (κ3) is 5.09. The molecule has 0 atom stereocenters. The van der Waals surface area contributed by atoms with Crippen LogP contribution in [0.5, 0.6) is 0 Å². The number of benzene rings is 2. The number of alkyl halides is 3. The summed E-state index contributed by atoms with van der Waals surface area (Å²) in [7, 11) is -2.82. The van der Waals surface area contributed by atoms with Gasteiger partial charge in [0.1, 0.15) is 0 Å². The Morgan fingerprint density at radius 2 is 1.85 bits per heavy atom. The van der Waals surface area contributed by atoms with Crippen LogP contribution in [0.4, 0.5) is 13.2 Å². The van der Waals surface area contributed by atoms with Crippen molar-refractivity contribution in [2.45, 2.75) is 31.5 Å². The molecule has 3 aromatic rings. The van der Waals surface area contributed by atoms with Crippen molar-refractivity contribution in [3.63, 3.8) is 0 Å². The third-order valence-corrected chi connectivity index (χ3v) is 6.71. The van der Waals surface area contributed by atoms with Crippen LogP contribution < -0.4 is 4.72 Å². The van der Waals surface area contributed by atoms with Crippen molar-refractivity contribution >= 4 is 16.1 Å². The summed E-state index contributed by atoms with van der Waals surface area (Å²) in [5.74, 6) is -0.970. The molecule has 11 heteroatoms. The summed E-state index contributed by atoms with van der Waals surface area (Å²) in [5.41, 5.74) is 0.469. The monoisotopic (exact) mass is 478 g/mol. The molecule has 1 aromatic heterocycles. The lowest BCUT2D eigenvalue weighted by molar-refractivity contribution is -0.137. The number of amides is 1. The lowest BCUT2D eigenvalue weighted by Crippen LogP contribution is -2.41. The molecular weight excluding hydrogens is 457 g/mol. The van der Waals surface area contributed by atoms with Gasteiger partial charge in [0.25, 0.3) is 5.91 Å². The smallest absolute Gasteiger partial charge is 0.268 e. The van der Waals surface area contributed by atoms with E-state index in [0.717, 1.165) is 34.8 Å². The van der Waals surface area contributed by atoms with E-state index < -0.39 is 27.9 Å². The van der Waals surface area contributed by atoms with Crippen LogP contribution >= 0.6 is 0 Å². The SMILES string of the molecule is CN(Cc1ccccc1)S(=O)(=O)NC(=O)c1cnn(-c2cccc(C(F)(F)F)c2)c1C1CC1. The lowest BCUT2D eigenvalue weighted by Gasteiger charge is -2.18. The van der Waals surface area contributed by atoms with Crippen molar-refractivity contribution < 1.29 is 26.4 Å². The summed E-state index contributed by atoms with van der Waals surface area (Å²) >= 11 is 0. The molecule has 1 heterocycles. The Morgan fingerprint density at radius 1 is 1.15 bits per heavy atom. The van der Waals surface area contributed by atoms with E-state index in [2.05, 4.69) is 5.10 Å². The Labute approximate surface area is 189 Å². The fraction of sp³-hybridized carbons (Fsp3) is 0.273. The second kappa shape index (κ2) is 8.64. The molecule has 174 valence electrons. The first-order chi connectivity index (χ1) is 15.6. The van der Waals surface area contributed by atoms with Crippen LogP contribution in [-0.2, 0) is 22.9 Å². The van der Waals surface area contributed by atoms with Gasteiger partial charge in [-0.05, 0) is 36.6 Å². The molecule has 0 radical (unpaired) electrons. The molecular formula is C22H21F3N4O3S. The molecule has 1 fully saturated rings. The van der Waals surface area contributed by atoms with E-state index in [9.17, 15) is 26.4 Å². The van der Waals surface area contributed by atoms with Gasteiger partial charge in [0, 0.05) is 19.5 Å². The maximum Gasteiger partial charge on any atom is 0.416 e. The minimum Gasteiger partial charge on any atom is -0.268 e. The minimum absolute atomic E-state index is 0.0200. The van der Waals surface area contributed by atoms with Crippen LogP contribution in [0, 0.1) is 0 Å². The molecule has 0 saturated heterocycles. The molecule has 0 spiro atoms. The van der Waals surface area contributed by atoms with Crippen LogP contribution in [0.15, 0.2) is 60.8 Å². The number of rotatable bonds is 7. The highest BCUT2D eigenvalue weighted by Crippen LogP contribution is 2.43. The topological polar surface area (TPSA) is 84.3 Å². The fourth-order valence-electron chi connectivity index (χ4n) is 3.48. The van der Waals surface area contributed by atoms with Gasteiger partial charge in [0.05, 0.1) is 28.7 Å². The van der Waals surface area contributed by atoms with Crippen LogP contribution in [0.25, 0.3) is 5.69 Å². The van der Waals surface area contributed by atoms with E-state index in [4.69, 9.17) is 0 Å². The number of carbonyl (C=O) groups is 1. The van der Waals surface area contributed by atoms with Crippen molar-refractivity contribution in [3.8, 4) is 5.69 Å². The number of nitrogens with one attached hydrogen (secondary N) is 1. The molecule has 0 unspecified atom stereocenters. The van der Waals surface area contributed by atoms with Gasteiger partial charge in [-0.3, -0.25) is 4.79 Å². The van der Waals surface area contributed by atoms with E-state index in [1.807, 2.05) is 4.72 Å². The fourth-order valence-corrected chi connectivity index (χ4v) is 4.30. The van der Waals surface area contributed by atoms with Crippen LogP contribution in [0.2, 0.25) is 0 Å². The Balaban J connectivity index is 1.60. The summed E-state index contributed by atoms with van der Waals surface area (Å²) in [6.07, 6.45) is -1.88. The van der Waals surface area contributed by atoms with Crippen LogP contribution in [0.1, 0.15) is 45.9 Å². The van der Waals surface area contributed by atoms with Gasteiger partial charge < -0.3 is 0 Å². The second-order valence-electron chi connectivity index (χ2n) is 7.86. The molecule has 1 saturated carbocycles. The van der Waals surface area contributed by atoms with Crippen molar-refractivity contribution in [3.05, 3.63) is 83.2 Å². The molecule has 4 rings (SSSR count). The minimum atomic E-state index is -4.53. The van der Waals surface area contributed by atoms with Crippen molar-refractivity contribution in [1.29, 1.82) is 0 Å². The Kier molecular flexibility index (Phi) is 6.02. The number of hydrogen-bond donors (Lipinski definition) is 1. The summed E-state index contributed by atoms with van der Waals surface area (Å²) in [5, 5.41) is 4.11. The molecule has 7 nitrogen and oxygen atoms in total. The second-order valence-corrected chi connectivity index (χ2v) is 9.63. The van der Waals surface area contributed by atoms with E-state index in [1.165, 1.54) is 30.1 Å². The van der Waals surface area contributed by atoms with Gasteiger partial charge in [0.15, 0.2) is 0 Å². The first-order valence-corrected chi connectivity index (χ1v) is 11.6. The average Bonchev–Trinajstić information content (AvgIpc) is 3.51. The molecule has 2 aromatic carbocycles. The third-order valence-electron chi connectivity index (χ3n) is 5.31. The standard InChI is InChI=1S/C22H21F3N4O3S/c1-28(14-15-6-3-2-4-7-15)33(31,32)27-21(30)19-13-26-29(20(19)16-10-11-16)18-9-5-8-17(12-18)22(23,24)25/h2-9,12-13,16H,10-11,14H2,1H3,(H,27,30). The van der Waals surface area contributed by atoms with Crippen LogP contribution in [-0.4, -0.2) is 35.5 Å². The lowest BCUT2D eigenvalue weighted by atomic mass is 10.1. The van der Waals surface area contributed by atoms with Gasteiger partial charge >= 0.3 is 16.4 Å². The molecule has 1 amide bonds. The van der Waals surface area contributed by atoms with E-state index in [1.54, 1.807) is 30.3 Å². The quantitative estimate of drug-likeness (QED) is 0.559. The highest BCUT2D eigenvalue weighted by molar-refractivity contribution is 7.87. The van der Waals surface area contributed by atoms with Gasteiger partial charge in [0.2, 0.25) is 0 Å². The van der Waals surface area contributed by atoms with Gasteiger partial charge in [-0.15, -0.1) is 0 Å². The van der Waals surface area contributed by atoms with Crippen molar-refractivity contribution in [2.75, 3.05) is 7.05 Å². The predicted molar refractivity (Wildman–Crippen MR) is 115 cm³/mol. The normalized spacial score (nSPS) is 14.5. The molecule has 0 bridgehead atoms. The number of nitrogens with zero attached hydrogens (tertiary/aromatic N) is 3. The van der Waals surface area contributed by atoms with Crippen molar-refractivity contribution in [1.82, 2.24) is 18.8 Å². The first kappa shape index (κ1) is 23.0. The summed E-state index contributed by atoms with van der Waals surface area (Å²) in [4.78, 5) is 12.9. The highest BCUT2D eigenvalue weighted by Gasteiger charge is 2.35. The highest BCUT2D eigenvalue weighted by atomic mass is 32.2. The first-order valence-electron chi connectivity index (χ1n) is 10.1. The molecule has 1 N–H and O–H groups in total. The van der Waals surface area contributed by atoms with E-state index >= 15 is 0 Å². The van der Waals surface area contributed by atoms with E-state index in [-0.39, 0.29) is 23.7 Å². The number of halogens is 3. The number of carbonyl (C=O) groups excluding carboxylic acids is 1. The molecule has 1 aliphatic rings. The summed E-state index contributed by atoms with van der Waals surface area (Å²) < 4.78 is 69.1. The summed E-state index contributed by atoms with van der Waals surface area (Å²) in [6, 6.07) is 13.5. The largest absolute Gasteiger partial charge is 0.416 e. The zero-order valence-electron chi connectivity index (χ0n) is 17.6. The van der Waals surface area contributed by atoms with Gasteiger partial charge in [-0.1, -0.05) is 36.4 Å². The predicted octanol–water partition coefficient (Wildman–Crippen LogP) is 3.88. The molecule has 33 heavy (non-hydrogen) atoms. The summed E-state index contributed by atoms with van der Waals surface area (Å²) in [6.45, 7) is 0.0580. The maximum atomic E-state index is 13.1. The number of aromatic nitrogens is 2. The zero-order chi connectivity index (χ0) is 23.8. The van der Waals surface area contributed by atoms with Crippen molar-refractivity contribution in [2.24, 2.45) is 0 Å². The molecule has 1 aliphatic carbocycles. The maximum absolute atomic E-state index is 13.1. The van der Waals surface area contributed by atoms with Gasteiger partial charge in [-0.25, -0.2) is 9.40 Å². The van der Waals surface area contributed by atoms with Crippen LogP contribution in [0.3, 0.4) is 0 Å². The average molecular weight is 478 g/mol. The Morgan fingerprint density at radius 3 is 2.48 bits per heavy atom.